The third kappa shape index (κ3) is 2.43. The molecule has 0 atom stereocenters. The van der Waals surface area contributed by atoms with Crippen LogP contribution in [0.15, 0.2) is 54.7 Å². The molecule has 27 heavy (non-hydrogen) atoms. The molecule has 0 fully saturated rings. The Morgan fingerprint density at radius 1 is 0.963 bits per heavy atom. The monoisotopic (exact) mass is 354 g/mol. The molecule has 1 aromatic heterocycles. The van der Waals surface area contributed by atoms with Crippen LogP contribution in [0.1, 0.15) is 25.0 Å². The molecule has 0 radical (unpaired) electrons. The molecule has 0 spiro atoms. The summed E-state index contributed by atoms with van der Waals surface area (Å²) in [7, 11) is 2.13. The van der Waals surface area contributed by atoms with Gasteiger partial charge in [0.2, 0.25) is 5.69 Å². The SMILES string of the molecule is Cc1c2c(cc3ccccc13)Oc1cc(CC(C)C)cc3cc[n+](C)c-2c13. The van der Waals surface area contributed by atoms with Crippen molar-refractivity contribution in [3.8, 4) is 22.8 Å². The number of hydrogen-bond acceptors (Lipinski definition) is 1. The highest BCUT2D eigenvalue weighted by molar-refractivity contribution is 6.05. The second-order valence-electron chi connectivity index (χ2n) is 8.13. The maximum absolute atomic E-state index is 6.50. The van der Waals surface area contributed by atoms with Gasteiger partial charge < -0.3 is 4.74 Å². The first-order chi connectivity index (χ1) is 13.0. The van der Waals surface area contributed by atoms with Crippen molar-refractivity contribution >= 4 is 21.5 Å². The number of hydrogen-bond donors (Lipinski definition) is 0. The van der Waals surface area contributed by atoms with Gasteiger partial charge in [-0.25, -0.2) is 4.57 Å². The highest BCUT2D eigenvalue weighted by atomic mass is 16.5. The lowest BCUT2D eigenvalue weighted by Crippen LogP contribution is -2.31. The standard InChI is InChI=1S/C25H24NO/c1-15(2)11-17-12-19-9-10-26(4)25-23-16(3)20-8-6-5-7-18(20)14-22(23)27-21(13-17)24(19)25/h5-10,12-15H,11H2,1-4H3/q+1. The third-order valence-corrected chi connectivity index (χ3v) is 5.63. The van der Waals surface area contributed by atoms with Crippen LogP contribution in [-0.4, -0.2) is 0 Å². The van der Waals surface area contributed by atoms with Crippen molar-refractivity contribution in [3.05, 3.63) is 65.9 Å². The summed E-state index contributed by atoms with van der Waals surface area (Å²) in [6.07, 6.45) is 3.23. The Balaban J connectivity index is 1.88. The summed E-state index contributed by atoms with van der Waals surface area (Å²) in [6.45, 7) is 6.73. The molecule has 1 aliphatic rings. The van der Waals surface area contributed by atoms with Crippen molar-refractivity contribution in [3.63, 3.8) is 0 Å². The first kappa shape index (κ1) is 16.3. The molecule has 1 aliphatic heterocycles. The van der Waals surface area contributed by atoms with E-state index in [1.165, 1.54) is 43.9 Å². The van der Waals surface area contributed by atoms with Gasteiger partial charge in [0.05, 0.1) is 10.9 Å². The van der Waals surface area contributed by atoms with Gasteiger partial charge in [0, 0.05) is 6.07 Å². The molecule has 4 aromatic rings. The summed E-state index contributed by atoms with van der Waals surface area (Å²) in [5.74, 6) is 2.57. The fraction of sp³-hybridized carbons (Fsp3) is 0.240. The van der Waals surface area contributed by atoms with Crippen LogP contribution in [0.2, 0.25) is 0 Å². The summed E-state index contributed by atoms with van der Waals surface area (Å²) >= 11 is 0. The largest absolute Gasteiger partial charge is 0.456 e. The van der Waals surface area contributed by atoms with Crippen LogP contribution >= 0.6 is 0 Å². The van der Waals surface area contributed by atoms with Crippen molar-refractivity contribution in [2.24, 2.45) is 13.0 Å². The van der Waals surface area contributed by atoms with Gasteiger partial charge in [-0.1, -0.05) is 44.2 Å². The number of fused-ring (bicyclic) bond motifs is 3. The van der Waals surface area contributed by atoms with Gasteiger partial charge in [-0.3, -0.25) is 0 Å². The van der Waals surface area contributed by atoms with Crippen molar-refractivity contribution in [2.45, 2.75) is 27.2 Å². The maximum Gasteiger partial charge on any atom is 0.228 e. The summed E-state index contributed by atoms with van der Waals surface area (Å²) < 4.78 is 8.74. The molecule has 134 valence electrons. The topological polar surface area (TPSA) is 13.1 Å². The molecule has 2 heterocycles. The molecule has 2 nitrogen and oxygen atoms in total. The second-order valence-corrected chi connectivity index (χ2v) is 8.13. The predicted octanol–water partition coefficient (Wildman–Crippen LogP) is 6.10. The summed E-state index contributed by atoms with van der Waals surface area (Å²) in [6, 6.07) is 17.5. The molecular formula is C25H24NO+. The molecule has 2 heteroatoms. The van der Waals surface area contributed by atoms with Gasteiger partial charge in [-0.2, -0.15) is 0 Å². The summed E-state index contributed by atoms with van der Waals surface area (Å²) in [4.78, 5) is 0. The number of rotatable bonds is 2. The van der Waals surface area contributed by atoms with Crippen molar-refractivity contribution in [1.82, 2.24) is 0 Å². The summed E-state index contributed by atoms with van der Waals surface area (Å²) in [5.41, 5.74) is 5.09. The van der Waals surface area contributed by atoms with Crippen LogP contribution < -0.4 is 9.30 Å². The van der Waals surface area contributed by atoms with Gasteiger partial charge in [0.1, 0.15) is 18.5 Å². The number of pyridine rings is 1. The van der Waals surface area contributed by atoms with E-state index in [2.05, 4.69) is 87.1 Å². The Bertz CT molecular complexity index is 1220. The average Bonchev–Trinajstić information content (AvgIpc) is 2.63. The van der Waals surface area contributed by atoms with E-state index in [-0.39, 0.29) is 0 Å². The second kappa shape index (κ2) is 5.82. The number of aryl methyl sites for hydroxylation is 2. The van der Waals surface area contributed by atoms with Crippen LogP contribution in [0.5, 0.6) is 11.5 Å². The van der Waals surface area contributed by atoms with Gasteiger partial charge >= 0.3 is 0 Å². The van der Waals surface area contributed by atoms with E-state index in [9.17, 15) is 0 Å². The number of nitrogens with zero attached hydrogens (tertiary/aromatic N) is 1. The van der Waals surface area contributed by atoms with E-state index < -0.39 is 0 Å². The van der Waals surface area contributed by atoms with Gasteiger partial charge in [-0.05, 0) is 58.7 Å². The van der Waals surface area contributed by atoms with E-state index in [1.807, 2.05) is 0 Å². The van der Waals surface area contributed by atoms with Crippen LogP contribution in [0.4, 0.5) is 0 Å². The van der Waals surface area contributed by atoms with Crippen LogP contribution in [-0.2, 0) is 13.5 Å². The van der Waals surface area contributed by atoms with Crippen molar-refractivity contribution in [1.29, 1.82) is 0 Å². The van der Waals surface area contributed by atoms with Crippen molar-refractivity contribution < 1.29 is 9.30 Å². The lowest BCUT2D eigenvalue weighted by atomic mass is 9.90. The fourth-order valence-electron chi connectivity index (χ4n) is 4.49. The van der Waals surface area contributed by atoms with Gasteiger partial charge in [-0.15, -0.1) is 0 Å². The molecule has 0 saturated carbocycles. The molecule has 0 bridgehead atoms. The molecule has 3 aromatic carbocycles. The Morgan fingerprint density at radius 3 is 2.59 bits per heavy atom. The predicted molar refractivity (Wildman–Crippen MR) is 111 cm³/mol. The molecule has 5 rings (SSSR count). The van der Waals surface area contributed by atoms with E-state index in [1.54, 1.807) is 0 Å². The Hall–Kier alpha value is -2.87. The average molecular weight is 354 g/mol. The third-order valence-electron chi connectivity index (χ3n) is 5.63. The zero-order valence-corrected chi connectivity index (χ0v) is 16.3. The smallest absolute Gasteiger partial charge is 0.228 e. The zero-order valence-electron chi connectivity index (χ0n) is 16.3. The first-order valence-electron chi connectivity index (χ1n) is 9.69. The number of aromatic nitrogens is 1. The lowest BCUT2D eigenvalue weighted by Gasteiger charge is -2.22. The number of benzene rings is 3. The molecule has 0 unspecified atom stereocenters. The first-order valence-corrected chi connectivity index (χ1v) is 9.69. The molecule has 0 saturated heterocycles. The fourth-order valence-corrected chi connectivity index (χ4v) is 4.49. The minimum Gasteiger partial charge on any atom is -0.456 e. The normalized spacial score (nSPS) is 12.5. The lowest BCUT2D eigenvalue weighted by molar-refractivity contribution is -0.659. The van der Waals surface area contributed by atoms with E-state index in [0.29, 0.717) is 5.92 Å². The number of ether oxygens (including phenoxy) is 1. The Morgan fingerprint density at radius 2 is 1.78 bits per heavy atom. The van der Waals surface area contributed by atoms with Crippen LogP contribution in [0, 0.1) is 12.8 Å². The minimum atomic E-state index is 0.621. The maximum atomic E-state index is 6.50. The highest BCUT2D eigenvalue weighted by Crippen LogP contribution is 2.48. The Kier molecular flexibility index (Phi) is 3.51. The van der Waals surface area contributed by atoms with Crippen LogP contribution in [0.3, 0.4) is 0 Å². The molecule has 0 aliphatic carbocycles. The van der Waals surface area contributed by atoms with Gasteiger partial charge in [0.25, 0.3) is 0 Å². The molecule has 0 N–H and O–H groups in total. The van der Waals surface area contributed by atoms with E-state index in [4.69, 9.17) is 4.74 Å². The van der Waals surface area contributed by atoms with Gasteiger partial charge in [0.15, 0.2) is 6.20 Å². The highest BCUT2D eigenvalue weighted by Gasteiger charge is 2.30. The van der Waals surface area contributed by atoms with Crippen LogP contribution in [0.25, 0.3) is 32.8 Å². The molecular weight excluding hydrogens is 330 g/mol. The summed E-state index contributed by atoms with van der Waals surface area (Å²) in [5, 5.41) is 5.00. The van der Waals surface area contributed by atoms with E-state index >= 15 is 0 Å². The Labute approximate surface area is 160 Å². The quantitative estimate of drug-likeness (QED) is 0.349. The minimum absolute atomic E-state index is 0.621. The zero-order chi connectivity index (χ0) is 18.7. The molecule has 0 amide bonds. The van der Waals surface area contributed by atoms with Crippen molar-refractivity contribution in [2.75, 3.05) is 0 Å². The van der Waals surface area contributed by atoms with E-state index in [0.717, 1.165) is 17.9 Å².